The zero-order chi connectivity index (χ0) is 11.4. The Labute approximate surface area is 101 Å². The van der Waals surface area contributed by atoms with E-state index < -0.39 is 0 Å². The van der Waals surface area contributed by atoms with E-state index in [0.717, 1.165) is 19.9 Å². The molecule has 1 N–H and O–H groups in total. The van der Waals surface area contributed by atoms with Crippen LogP contribution in [0.5, 0.6) is 0 Å². The summed E-state index contributed by atoms with van der Waals surface area (Å²) in [7, 11) is 1.08. The molecule has 92 valence electrons. The lowest BCUT2D eigenvalue weighted by Crippen LogP contribution is -2.25. The Bertz CT molecular complexity index is 233. The second kappa shape index (κ2) is 6.05. The molecule has 2 aliphatic rings. The zero-order valence-electron chi connectivity index (χ0n) is 10.3. The van der Waals surface area contributed by atoms with Gasteiger partial charge in [-0.15, -0.1) is 8.58 Å². The van der Waals surface area contributed by atoms with Crippen LogP contribution >= 0.6 is 8.58 Å². The third kappa shape index (κ3) is 3.23. The molecular weight excluding hydrogens is 215 g/mol. The molecule has 2 aliphatic carbocycles. The largest absolute Gasteiger partial charge is 0.513 e. The van der Waals surface area contributed by atoms with Crippen LogP contribution in [0.4, 0.5) is 0 Å². The molecule has 2 rings (SSSR count). The van der Waals surface area contributed by atoms with E-state index in [9.17, 15) is 5.11 Å². The Balaban J connectivity index is 1.87. The molecule has 0 radical (unpaired) electrons. The highest BCUT2D eigenvalue weighted by atomic mass is 31.1. The minimum absolute atomic E-state index is 0.425. The van der Waals surface area contributed by atoms with Gasteiger partial charge < -0.3 is 5.11 Å². The Morgan fingerprint density at radius 1 is 0.938 bits per heavy atom. The summed E-state index contributed by atoms with van der Waals surface area (Å²) < 4.78 is 0. The van der Waals surface area contributed by atoms with Crippen LogP contribution in [0.3, 0.4) is 0 Å². The van der Waals surface area contributed by atoms with Crippen LogP contribution in [0.1, 0.15) is 57.8 Å². The molecule has 0 bridgehead atoms. The molecule has 1 nitrogen and oxygen atoms in total. The molecule has 0 aromatic carbocycles. The number of hydrogen-bond donors (Lipinski definition) is 1. The molecule has 0 aromatic rings. The minimum atomic E-state index is 0.425. The summed E-state index contributed by atoms with van der Waals surface area (Å²) in [6.45, 7) is 3.78. The molecule has 3 atom stereocenters. The van der Waals surface area contributed by atoms with Crippen molar-refractivity contribution < 1.29 is 5.11 Å². The van der Waals surface area contributed by atoms with Crippen molar-refractivity contribution in [2.75, 3.05) is 0 Å². The van der Waals surface area contributed by atoms with E-state index in [1.165, 1.54) is 57.8 Å². The van der Waals surface area contributed by atoms with Gasteiger partial charge in [-0.1, -0.05) is 38.7 Å². The quantitative estimate of drug-likeness (QED) is 0.563. The van der Waals surface area contributed by atoms with Crippen LogP contribution in [-0.4, -0.2) is 16.4 Å². The molecular formula is C14H25OP. The molecule has 2 saturated carbocycles. The summed E-state index contributed by atoms with van der Waals surface area (Å²) >= 11 is 0. The molecule has 0 aliphatic heterocycles. The Morgan fingerprint density at radius 2 is 1.56 bits per heavy atom. The lowest BCUT2D eigenvalue weighted by molar-refractivity contribution is 0.282. The van der Waals surface area contributed by atoms with Crippen molar-refractivity contribution in [2.24, 2.45) is 5.92 Å². The van der Waals surface area contributed by atoms with E-state index in [1.54, 1.807) is 0 Å². The van der Waals surface area contributed by atoms with Crippen molar-refractivity contribution in [1.82, 2.24) is 0 Å². The predicted molar refractivity (Wildman–Crippen MR) is 72.7 cm³/mol. The summed E-state index contributed by atoms with van der Waals surface area (Å²) in [5.41, 5.74) is 1.73. The standard InChI is InChI=1S/C14H25OP/c1-11(15)13-9-5-6-10-14(13)16-12-7-3-2-4-8-12/h12-16H,1-10H2. The van der Waals surface area contributed by atoms with E-state index in [-0.39, 0.29) is 0 Å². The molecule has 2 fully saturated rings. The predicted octanol–water partition coefficient (Wildman–Crippen LogP) is 4.63. The lowest BCUT2D eigenvalue weighted by Gasteiger charge is -2.34. The molecule has 0 heterocycles. The van der Waals surface area contributed by atoms with E-state index in [0.29, 0.717) is 11.7 Å². The highest BCUT2D eigenvalue weighted by Crippen LogP contribution is 2.45. The van der Waals surface area contributed by atoms with Crippen molar-refractivity contribution in [3.63, 3.8) is 0 Å². The van der Waals surface area contributed by atoms with Gasteiger partial charge in [0.15, 0.2) is 0 Å². The normalized spacial score (nSPS) is 33.2. The zero-order valence-corrected chi connectivity index (χ0v) is 11.3. The Hall–Kier alpha value is -0.0300. The first kappa shape index (κ1) is 12.4. The molecule has 16 heavy (non-hydrogen) atoms. The van der Waals surface area contributed by atoms with E-state index in [2.05, 4.69) is 6.58 Å². The van der Waals surface area contributed by atoms with Crippen LogP contribution < -0.4 is 0 Å². The number of hydrogen-bond acceptors (Lipinski definition) is 1. The van der Waals surface area contributed by atoms with Gasteiger partial charge in [-0.2, -0.15) is 0 Å². The van der Waals surface area contributed by atoms with Crippen molar-refractivity contribution >= 4 is 8.58 Å². The number of allylic oxidation sites excluding steroid dienone is 1. The van der Waals surface area contributed by atoms with Gasteiger partial charge in [0.2, 0.25) is 0 Å². The summed E-state index contributed by atoms with van der Waals surface area (Å²) in [5, 5.41) is 9.69. The van der Waals surface area contributed by atoms with Crippen LogP contribution in [0.15, 0.2) is 12.3 Å². The van der Waals surface area contributed by atoms with Crippen LogP contribution in [0, 0.1) is 5.92 Å². The average Bonchev–Trinajstić information content (AvgIpc) is 2.31. The third-order valence-corrected chi connectivity index (χ3v) is 6.42. The fourth-order valence-corrected chi connectivity index (χ4v) is 5.61. The second-order valence-electron chi connectivity index (χ2n) is 5.49. The maximum atomic E-state index is 9.69. The molecule has 0 saturated heterocycles. The van der Waals surface area contributed by atoms with Crippen molar-refractivity contribution in [2.45, 2.75) is 69.1 Å². The first-order valence-electron chi connectivity index (χ1n) is 6.91. The Kier molecular flexibility index (Phi) is 4.70. The van der Waals surface area contributed by atoms with Crippen molar-refractivity contribution in [1.29, 1.82) is 0 Å². The number of aliphatic hydroxyl groups excluding tert-OH is 1. The fraction of sp³-hybridized carbons (Fsp3) is 0.857. The van der Waals surface area contributed by atoms with Gasteiger partial charge >= 0.3 is 0 Å². The monoisotopic (exact) mass is 240 g/mol. The van der Waals surface area contributed by atoms with Gasteiger partial charge in [0, 0.05) is 5.92 Å². The first-order chi connectivity index (χ1) is 7.77. The summed E-state index contributed by atoms with van der Waals surface area (Å²) in [5.74, 6) is 0.891. The molecule has 3 unspecified atom stereocenters. The van der Waals surface area contributed by atoms with Crippen LogP contribution in [0.2, 0.25) is 0 Å². The van der Waals surface area contributed by atoms with Crippen molar-refractivity contribution in [3.8, 4) is 0 Å². The highest BCUT2D eigenvalue weighted by Gasteiger charge is 2.29. The van der Waals surface area contributed by atoms with Gasteiger partial charge in [-0.25, -0.2) is 0 Å². The summed E-state index contributed by atoms with van der Waals surface area (Å²) in [6, 6.07) is 0. The SMILES string of the molecule is C=C(O)C1CCCCC1PC1CCCCC1. The second-order valence-corrected chi connectivity index (χ2v) is 7.38. The topological polar surface area (TPSA) is 20.2 Å². The smallest absolute Gasteiger partial charge is 0.0888 e. The van der Waals surface area contributed by atoms with Crippen LogP contribution in [0.25, 0.3) is 0 Å². The van der Waals surface area contributed by atoms with Gasteiger partial charge in [0.05, 0.1) is 5.76 Å². The van der Waals surface area contributed by atoms with E-state index >= 15 is 0 Å². The molecule has 0 spiro atoms. The summed E-state index contributed by atoms with van der Waals surface area (Å²) in [4.78, 5) is 0. The Morgan fingerprint density at radius 3 is 2.25 bits per heavy atom. The fourth-order valence-electron chi connectivity index (χ4n) is 3.30. The van der Waals surface area contributed by atoms with Gasteiger partial charge in [0.1, 0.15) is 0 Å². The summed E-state index contributed by atoms with van der Waals surface area (Å²) in [6.07, 6.45) is 12.4. The minimum Gasteiger partial charge on any atom is -0.513 e. The number of rotatable bonds is 3. The number of aliphatic hydroxyl groups is 1. The van der Waals surface area contributed by atoms with Gasteiger partial charge in [0.25, 0.3) is 0 Å². The maximum Gasteiger partial charge on any atom is 0.0888 e. The molecule has 0 amide bonds. The average molecular weight is 240 g/mol. The maximum absolute atomic E-state index is 9.69. The first-order valence-corrected chi connectivity index (χ1v) is 8.06. The van der Waals surface area contributed by atoms with Crippen molar-refractivity contribution in [3.05, 3.63) is 12.3 Å². The third-order valence-electron chi connectivity index (χ3n) is 4.25. The van der Waals surface area contributed by atoms with Gasteiger partial charge in [-0.05, 0) is 37.0 Å². The lowest BCUT2D eigenvalue weighted by atomic mass is 9.87. The van der Waals surface area contributed by atoms with E-state index in [4.69, 9.17) is 0 Å². The molecule has 0 aromatic heterocycles. The molecule has 2 heteroatoms. The van der Waals surface area contributed by atoms with E-state index in [1.807, 2.05) is 0 Å². The van der Waals surface area contributed by atoms with Crippen LogP contribution in [-0.2, 0) is 0 Å². The van der Waals surface area contributed by atoms with Gasteiger partial charge in [-0.3, -0.25) is 0 Å². The highest BCUT2D eigenvalue weighted by molar-refractivity contribution is 7.39.